The molecule has 3 nitrogen and oxygen atoms in total. The quantitative estimate of drug-likeness (QED) is 0.497. The minimum atomic E-state index is -0.828. The van der Waals surface area contributed by atoms with Gasteiger partial charge < -0.3 is 5.32 Å². The molecule has 0 saturated carbocycles. The summed E-state index contributed by atoms with van der Waals surface area (Å²) in [6, 6.07) is 19.8. The number of carbonyl (C=O) groups excluding carboxylic acids is 1. The highest BCUT2D eigenvalue weighted by atomic mass is 19.1. The van der Waals surface area contributed by atoms with Crippen LogP contribution < -0.4 is 5.32 Å². The minimum absolute atomic E-state index is 0.0795. The summed E-state index contributed by atoms with van der Waals surface area (Å²) in [5, 5.41) is 3.18. The lowest BCUT2D eigenvalue weighted by molar-refractivity contribution is 0.102. The number of aryl methyl sites for hydroxylation is 1. The normalized spacial score (nSPS) is 10.8. The van der Waals surface area contributed by atoms with Gasteiger partial charge in [0.05, 0.1) is 22.5 Å². The third kappa shape index (κ3) is 3.47. The van der Waals surface area contributed by atoms with Crippen molar-refractivity contribution in [3.63, 3.8) is 0 Å². The van der Waals surface area contributed by atoms with Gasteiger partial charge in [0.25, 0.3) is 5.91 Å². The molecule has 138 valence electrons. The van der Waals surface area contributed by atoms with Crippen LogP contribution in [0.5, 0.6) is 0 Å². The van der Waals surface area contributed by atoms with Gasteiger partial charge in [0.15, 0.2) is 0 Å². The Morgan fingerprint density at radius 1 is 0.929 bits per heavy atom. The van der Waals surface area contributed by atoms with Crippen LogP contribution in [-0.4, -0.2) is 10.9 Å². The summed E-state index contributed by atoms with van der Waals surface area (Å²) in [5.74, 6) is -2.02. The highest BCUT2D eigenvalue weighted by molar-refractivity contribution is 6.13. The maximum absolute atomic E-state index is 14.0. The number of halogens is 2. The second kappa shape index (κ2) is 7.19. The van der Waals surface area contributed by atoms with E-state index in [2.05, 4.69) is 10.3 Å². The Balaban J connectivity index is 1.80. The van der Waals surface area contributed by atoms with Crippen molar-refractivity contribution < 1.29 is 13.6 Å². The number of amides is 1. The van der Waals surface area contributed by atoms with Crippen molar-refractivity contribution in [2.45, 2.75) is 6.92 Å². The van der Waals surface area contributed by atoms with Crippen molar-refractivity contribution in [1.82, 2.24) is 4.98 Å². The van der Waals surface area contributed by atoms with Crippen LogP contribution in [0.1, 0.15) is 15.9 Å². The predicted molar refractivity (Wildman–Crippen MR) is 106 cm³/mol. The highest BCUT2D eigenvalue weighted by Gasteiger charge is 2.16. The zero-order chi connectivity index (χ0) is 19.7. The molecule has 5 heteroatoms. The number of aromatic nitrogens is 1. The third-order valence-electron chi connectivity index (χ3n) is 4.49. The molecule has 4 aromatic rings. The summed E-state index contributed by atoms with van der Waals surface area (Å²) in [6.45, 7) is 1.99. The largest absolute Gasteiger partial charge is 0.319 e. The van der Waals surface area contributed by atoms with Gasteiger partial charge in [0.1, 0.15) is 11.6 Å². The van der Waals surface area contributed by atoms with E-state index in [0.29, 0.717) is 22.2 Å². The van der Waals surface area contributed by atoms with Gasteiger partial charge in [0.2, 0.25) is 0 Å². The number of nitrogens with zero attached hydrogens (tertiary/aromatic N) is 1. The van der Waals surface area contributed by atoms with Gasteiger partial charge in [0, 0.05) is 17.0 Å². The van der Waals surface area contributed by atoms with Gasteiger partial charge in [-0.25, -0.2) is 13.8 Å². The van der Waals surface area contributed by atoms with Crippen LogP contribution in [0, 0.1) is 18.6 Å². The number of benzene rings is 3. The second-order valence-electron chi connectivity index (χ2n) is 6.52. The zero-order valence-corrected chi connectivity index (χ0v) is 15.0. The number of nitrogens with one attached hydrogen (secondary N) is 1. The first-order valence-electron chi connectivity index (χ1n) is 8.74. The van der Waals surface area contributed by atoms with E-state index >= 15 is 0 Å². The summed E-state index contributed by atoms with van der Waals surface area (Å²) in [4.78, 5) is 17.6. The molecule has 0 aliphatic rings. The average Bonchev–Trinajstić information content (AvgIpc) is 2.69. The lowest BCUT2D eigenvalue weighted by atomic mass is 10.0. The first-order valence-corrected chi connectivity index (χ1v) is 8.74. The molecular formula is C23H16F2N2O. The second-order valence-corrected chi connectivity index (χ2v) is 6.52. The Morgan fingerprint density at radius 3 is 2.43 bits per heavy atom. The van der Waals surface area contributed by atoms with E-state index in [9.17, 15) is 13.6 Å². The van der Waals surface area contributed by atoms with Crippen molar-refractivity contribution >= 4 is 22.5 Å². The Bertz CT molecular complexity index is 1190. The molecule has 1 heterocycles. The fourth-order valence-corrected chi connectivity index (χ4v) is 3.02. The maximum atomic E-state index is 14.0. The molecule has 0 spiro atoms. The van der Waals surface area contributed by atoms with Crippen molar-refractivity contribution in [3.8, 4) is 11.3 Å². The molecule has 0 bridgehead atoms. The number of hydrogen-bond donors (Lipinski definition) is 1. The number of rotatable bonds is 3. The number of pyridine rings is 1. The van der Waals surface area contributed by atoms with Crippen molar-refractivity contribution in [2.75, 3.05) is 5.32 Å². The summed E-state index contributed by atoms with van der Waals surface area (Å²) >= 11 is 0. The van der Waals surface area contributed by atoms with Crippen LogP contribution in [-0.2, 0) is 0 Å². The van der Waals surface area contributed by atoms with Crippen molar-refractivity contribution in [2.24, 2.45) is 0 Å². The van der Waals surface area contributed by atoms with E-state index in [1.54, 1.807) is 12.1 Å². The van der Waals surface area contributed by atoms with Crippen LogP contribution >= 0.6 is 0 Å². The molecule has 0 aliphatic carbocycles. The maximum Gasteiger partial charge on any atom is 0.256 e. The van der Waals surface area contributed by atoms with Crippen molar-refractivity contribution in [3.05, 3.63) is 95.6 Å². The van der Waals surface area contributed by atoms with Gasteiger partial charge in [-0.3, -0.25) is 4.79 Å². The molecule has 0 radical (unpaired) electrons. The molecule has 0 saturated heterocycles. The molecule has 3 aromatic carbocycles. The van der Waals surface area contributed by atoms with Gasteiger partial charge in [-0.1, -0.05) is 48.0 Å². The standard InChI is InChI=1S/C23H16F2N2O/c1-14-6-8-15(9-7-14)22-13-18(17-4-2-3-5-20(17)26-22)23(28)27-21-11-10-16(24)12-19(21)25/h2-13H,1H3,(H,27,28). The lowest BCUT2D eigenvalue weighted by Gasteiger charge is -2.11. The van der Waals surface area contributed by atoms with Crippen LogP contribution in [0.2, 0.25) is 0 Å². The van der Waals surface area contributed by atoms with E-state index in [0.717, 1.165) is 23.3 Å². The lowest BCUT2D eigenvalue weighted by Crippen LogP contribution is -2.14. The van der Waals surface area contributed by atoms with Crippen LogP contribution in [0.4, 0.5) is 14.5 Å². The highest BCUT2D eigenvalue weighted by Crippen LogP contribution is 2.26. The van der Waals surface area contributed by atoms with Gasteiger partial charge in [-0.15, -0.1) is 0 Å². The van der Waals surface area contributed by atoms with E-state index < -0.39 is 17.5 Å². The van der Waals surface area contributed by atoms with Crippen LogP contribution in [0.25, 0.3) is 22.2 Å². The molecule has 1 amide bonds. The van der Waals surface area contributed by atoms with E-state index in [1.807, 2.05) is 49.4 Å². The monoisotopic (exact) mass is 374 g/mol. The molecule has 0 aliphatic heterocycles. The smallest absolute Gasteiger partial charge is 0.256 e. The minimum Gasteiger partial charge on any atom is -0.319 e. The van der Waals surface area contributed by atoms with E-state index in [1.165, 1.54) is 6.07 Å². The molecule has 0 fully saturated rings. The third-order valence-corrected chi connectivity index (χ3v) is 4.49. The Labute approximate surface area is 160 Å². The summed E-state index contributed by atoms with van der Waals surface area (Å²) in [6.07, 6.45) is 0. The summed E-state index contributed by atoms with van der Waals surface area (Å²) in [5.41, 5.74) is 3.58. The Kier molecular flexibility index (Phi) is 4.57. The molecule has 1 aromatic heterocycles. The number of para-hydroxylation sites is 1. The van der Waals surface area contributed by atoms with Gasteiger partial charge >= 0.3 is 0 Å². The van der Waals surface area contributed by atoms with Crippen LogP contribution in [0.15, 0.2) is 72.8 Å². The topological polar surface area (TPSA) is 42.0 Å². The predicted octanol–water partition coefficient (Wildman–Crippen LogP) is 5.74. The van der Waals surface area contributed by atoms with Crippen molar-refractivity contribution in [1.29, 1.82) is 0 Å². The molecule has 1 N–H and O–H groups in total. The fourth-order valence-electron chi connectivity index (χ4n) is 3.02. The van der Waals surface area contributed by atoms with Crippen LogP contribution in [0.3, 0.4) is 0 Å². The number of anilines is 1. The number of fused-ring (bicyclic) bond motifs is 1. The van der Waals surface area contributed by atoms with Gasteiger partial charge in [-0.2, -0.15) is 0 Å². The SMILES string of the molecule is Cc1ccc(-c2cc(C(=O)Nc3ccc(F)cc3F)c3ccccc3n2)cc1. The van der Waals surface area contributed by atoms with E-state index in [-0.39, 0.29) is 5.69 Å². The first kappa shape index (κ1) is 17.8. The first-order chi connectivity index (χ1) is 13.5. The van der Waals surface area contributed by atoms with E-state index in [4.69, 9.17) is 0 Å². The summed E-state index contributed by atoms with van der Waals surface area (Å²) in [7, 11) is 0. The Hall–Kier alpha value is -3.60. The Morgan fingerprint density at radius 2 is 1.68 bits per heavy atom. The molecule has 28 heavy (non-hydrogen) atoms. The zero-order valence-electron chi connectivity index (χ0n) is 15.0. The molecule has 4 rings (SSSR count). The molecular weight excluding hydrogens is 358 g/mol. The fraction of sp³-hybridized carbons (Fsp3) is 0.0435. The molecule has 0 unspecified atom stereocenters. The van der Waals surface area contributed by atoms with Gasteiger partial charge in [-0.05, 0) is 31.2 Å². The number of hydrogen-bond acceptors (Lipinski definition) is 2. The number of carbonyl (C=O) groups is 1. The summed E-state index contributed by atoms with van der Waals surface area (Å²) < 4.78 is 27.1. The molecule has 0 atom stereocenters. The average molecular weight is 374 g/mol.